The van der Waals surface area contributed by atoms with Crippen molar-refractivity contribution < 1.29 is 9.53 Å². The molecule has 20 heavy (non-hydrogen) atoms. The topological polar surface area (TPSA) is 88.7 Å². The van der Waals surface area contributed by atoms with E-state index >= 15 is 0 Å². The van der Waals surface area contributed by atoms with Crippen molar-refractivity contribution >= 4 is 17.6 Å². The predicted octanol–water partition coefficient (Wildman–Crippen LogP) is 1.34. The van der Waals surface area contributed by atoms with Crippen LogP contribution in [0.3, 0.4) is 0 Å². The fraction of sp³-hybridized carbons (Fsp3) is 0.429. The van der Waals surface area contributed by atoms with Crippen molar-refractivity contribution in [1.82, 2.24) is 5.32 Å². The molecule has 0 aliphatic heterocycles. The van der Waals surface area contributed by atoms with Crippen LogP contribution < -0.4 is 21.1 Å². The number of carbonyl (C=O) groups excluding carboxylic acids is 1. The minimum atomic E-state index is -0.276. The van der Waals surface area contributed by atoms with E-state index in [1.54, 1.807) is 13.2 Å². The molecule has 0 fully saturated rings. The van der Waals surface area contributed by atoms with Crippen molar-refractivity contribution in [3.8, 4) is 5.75 Å². The van der Waals surface area contributed by atoms with Gasteiger partial charge in [0.2, 0.25) is 5.91 Å². The van der Waals surface area contributed by atoms with E-state index in [0.29, 0.717) is 5.75 Å². The second kappa shape index (κ2) is 6.79. The maximum absolute atomic E-state index is 11.6. The Morgan fingerprint density at radius 3 is 2.70 bits per heavy atom. The molecule has 1 aromatic carbocycles. The average molecular weight is 278 g/mol. The number of carbonyl (C=O) groups is 1. The van der Waals surface area contributed by atoms with Crippen molar-refractivity contribution in [2.75, 3.05) is 19.0 Å². The van der Waals surface area contributed by atoms with Gasteiger partial charge in [-0.15, -0.1) is 0 Å². The predicted molar refractivity (Wildman–Crippen MR) is 81.0 cm³/mol. The average Bonchev–Trinajstić information content (AvgIpc) is 2.34. The van der Waals surface area contributed by atoms with Crippen molar-refractivity contribution in [3.63, 3.8) is 0 Å². The Morgan fingerprint density at radius 2 is 2.10 bits per heavy atom. The smallest absolute Gasteiger partial charge is 0.242 e. The zero-order valence-corrected chi connectivity index (χ0v) is 12.4. The number of aliphatic imine (C=N–C) groups is 1. The molecule has 1 rings (SSSR count). The van der Waals surface area contributed by atoms with E-state index in [2.05, 4.69) is 15.6 Å². The number of nitrogens with zero attached hydrogens (tertiary/aromatic N) is 1. The lowest BCUT2D eigenvalue weighted by Gasteiger charge is -2.19. The standard InChI is InChI=1S/C14H22N4O2/c1-14(2,3)18-12(19)9-16-13(15)17-10-6-5-7-11(8-10)20-4/h5-8H,9H2,1-4H3,(H,18,19)(H3,15,16,17). The van der Waals surface area contributed by atoms with Crippen LogP contribution in [-0.2, 0) is 4.79 Å². The minimum Gasteiger partial charge on any atom is -0.497 e. The Labute approximate surface area is 119 Å². The first-order valence-corrected chi connectivity index (χ1v) is 6.32. The largest absolute Gasteiger partial charge is 0.497 e. The van der Waals surface area contributed by atoms with Gasteiger partial charge in [-0.3, -0.25) is 4.79 Å². The highest BCUT2D eigenvalue weighted by Crippen LogP contribution is 2.16. The van der Waals surface area contributed by atoms with E-state index < -0.39 is 0 Å². The van der Waals surface area contributed by atoms with E-state index in [-0.39, 0.29) is 24.0 Å². The number of amides is 1. The van der Waals surface area contributed by atoms with Gasteiger partial charge in [0.1, 0.15) is 12.3 Å². The van der Waals surface area contributed by atoms with Gasteiger partial charge >= 0.3 is 0 Å². The van der Waals surface area contributed by atoms with Crippen LogP contribution in [0.2, 0.25) is 0 Å². The van der Waals surface area contributed by atoms with Gasteiger partial charge in [-0.1, -0.05) is 6.07 Å². The number of methoxy groups -OCH3 is 1. The molecule has 6 heteroatoms. The molecular weight excluding hydrogens is 256 g/mol. The van der Waals surface area contributed by atoms with Gasteiger partial charge in [0, 0.05) is 17.3 Å². The zero-order valence-electron chi connectivity index (χ0n) is 12.4. The van der Waals surface area contributed by atoms with Crippen molar-refractivity contribution in [3.05, 3.63) is 24.3 Å². The summed E-state index contributed by atoms with van der Waals surface area (Å²) in [5.74, 6) is 0.725. The van der Waals surface area contributed by atoms with Gasteiger partial charge in [-0.25, -0.2) is 4.99 Å². The fourth-order valence-electron chi connectivity index (χ4n) is 1.50. The summed E-state index contributed by atoms with van der Waals surface area (Å²) in [6.45, 7) is 5.71. The molecule has 0 saturated heterocycles. The third kappa shape index (κ3) is 6.08. The minimum absolute atomic E-state index is 0.0138. The Hall–Kier alpha value is -2.24. The third-order valence-electron chi connectivity index (χ3n) is 2.25. The molecule has 1 aromatic rings. The van der Waals surface area contributed by atoms with Crippen molar-refractivity contribution in [2.24, 2.45) is 10.7 Å². The van der Waals surface area contributed by atoms with Crippen LogP contribution in [-0.4, -0.2) is 31.1 Å². The van der Waals surface area contributed by atoms with E-state index in [9.17, 15) is 4.79 Å². The quantitative estimate of drug-likeness (QED) is 0.573. The highest BCUT2D eigenvalue weighted by Gasteiger charge is 2.12. The molecule has 0 aliphatic rings. The number of benzene rings is 1. The zero-order chi connectivity index (χ0) is 15.2. The van der Waals surface area contributed by atoms with Gasteiger partial charge in [0.25, 0.3) is 0 Å². The van der Waals surface area contributed by atoms with E-state index in [1.807, 2.05) is 39.0 Å². The summed E-state index contributed by atoms with van der Waals surface area (Å²) in [5, 5.41) is 5.71. The number of hydrogen-bond acceptors (Lipinski definition) is 3. The highest BCUT2D eigenvalue weighted by molar-refractivity contribution is 5.94. The van der Waals surface area contributed by atoms with Crippen LogP contribution >= 0.6 is 0 Å². The molecule has 0 radical (unpaired) electrons. The number of ether oxygens (including phenoxy) is 1. The normalized spacial score (nSPS) is 11.9. The molecule has 0 aromatic heterocycles. The highest BCUT2D eigenvalue weighted by atomic mass is 16.5. The SMILES string of the molecule is COc1cccc(NC(N)=NCC(=O)NC(C)(C)C)c1. The Morgan fingerprint density at radius 1 is 1.40 bits per heavy atom. The Balaban J connectivity index is 2.55. The molecule has 0 heterocycles. The molecule has 4 N–H and O–H groups in total. The summed E-state index contributed by atoms with van der Waals surface area (Å²) in [6, 6.07) is 7.29. The lowest BCUT2D eigenvalue weighted by molar-refractivity contribution is -0.121. The van der Waals surface area contributed by atoms with E-state index in [1.165, 1.54) is 0 Å². The van der Waals surface area contributed by atoms with E-state index in [4.69, 9.17) is 10.5 Å². The number of nitrogens with two attached hydrogens (primary N) is 1. The Kier molecular flexibility index (Phi) is 5.37. The number of hydrogen-bond donors (Lipinski definition) is 3. The second-order valence-corrected chi connectivity index (χ2v) is 5.36. The van der Waals surface area contributed by atoms with Gasteiger partial charge in [0.15, 0.2) is 5.96 Å². The van der Waals surface area contributed by atoms with Gasteiger partial charge in [-0.2, -0.15) is 0 Å². The third-order valence-corrected chi connectivity index (χ3v) is 2.25. The molecule has 0 aliphatic carbocycles. The van der Waals surface area contributed by atoms with Crippen LogP contribution in [0.15, 0.2) is 29.3 Å². The van der Waals surface area contributed by atoms with Gasteiger partial charge in [0.05, 0.1) is 7.11 Å². The number of rotatable bonds is 4. The van der Waals surface area contributed by atoms with Gasteiger partial charge in [-0.05, 0) is 32.9 Å². The summed E-state index contributed by atoms with van der Waals surface area (Å²) in [7, 11) is 1.59. The molecule has 0 saturated carbocycles. The first kappa shape index (κ1) is 15.8. The van der Waals surface area contributed by atoms with Crippen LogP contribution in [0.25, 0.3) is 0 Å². The summed E-state index contributed by atoms with van der Waals surface area (Å²) in [5.41, 5.74) is 6.20. The maximum atomic E-state index is 11.6. The van der Waals surface area contributed by atoms with Gasteiger partial charge < -0.3 is 21.1 Å². The molecule has 0 spiro atoms. The number of nitrogens with one attached hydrogen (secondary N) is 2. The fourth-order valence-corrected chi connectivity index (χ4v) is 1.50. The lowest BCUT2D eigenvalue weighted by Crippen LogP contribution is -2.42. The summed E-state index contributed by atoms with van der Waals surface area (Å²) in [4.78, 5) is 15.6. The summed E-state index contributed by atoms with van der Waals surface area (Å²) >= 11 is 0. The van der Waals surface area contributed by atoms with Crippen LogP contribution in [0.1, 0.15) is 20.8 Å². The molecule has 110 valence electrons. The molecule has 1 amide bonds. The van der Waals surface area contributed by atoms with E-state index in [0.717, 1.165) is 5.69 Å². The number of guanidine groups is 1. The molecule has 0 unspecified atom stereocenters. The molecule has 6 nitrogen and oxygen atoms in total. The van der Waals surface area contributed by atoms with Crippen molar-refractivity contribution in [1.29, 1.82) is 0 Å². The number of anilines is 1. The van der Waals surface area contributed by atoms with Crippen LogP contribution in [0.5, 0.6) is 5.75 Å². The monoisotopic (exact) mass is 278 g/mol. The maximum Gasteiger partial charge on any atom is 0.242 e. The second-order valence-electron chi connectivity index (χ2n) is 5.36. The summed E-state index contributed by atoms with van der Waals surface area (Å²) < 4.78 is 5.10. The lowest BCUT2D eigenvalue weighted by atomic mass is 10.1. The summed E-state index contributed by atoms with van der Waals surface area (Å²) in [6.07, 6.45) is 0. The molecule has 0 atom stereocenters. The first-order chi connectivity index (χ1) is 9.30. The molecular formula is C14H22N4O2. The van der Waals surface area contributed by atoms with Crippen LogP contribution in [0.4, 0.5) is 5.69 Å². The van der Waals surface area contributed by atoms with Crippen molar-refractivity contribution in [2.45, 2.75) is 26.3 Å². The first-order valence-electron chi connectivity index (χ1n) is 6.32. The molecule has 0 bridgehead atoms. The Bertz CT molecular complexity index is 492. The van der Waals surface area contributed by atoms with Crippen LogP contribution in [0, 0.1) is 0 Å².